The van der Waals surface area contributed by atoms with E-state index in [0.29, 0.717) is 6.07 Å². The van der Waals surface area contributed by atoms with Crippen molar-refractivity contribution in [1.82, 2.24) is 0 Å². The fraction of sp³-hybridized carbons (Fsp3) is 0.286. The van der Waals surface area contributed by atoms with Gasteiger partial charge in [0, 0.05) is 19.9 Å². The van der Waals surface area contributed by atoms with Crippen molar-refractivity contribution in [2.75, 3.05) is 0 Å². The standard InChI is InChI=1S/C14H9BrF3NO7/c1-13(2)25-11(20)7(12(21)26-13)3-6-4-8(15)10(24-14(16,17)18)9(5-6)19(22)23/h3-5H,1-2H3. The number of nitro groups is 1. The van der Waals surface area contributed by atoms with Gasteiger partial charge in [-0.1, -0.05) is 0 Å². The summed E-state index contributed by atoms with van der Waals surface area (Å²) in [5.74, 6) is -4.64. The zero-order valence-electron chi connectivity index (χ0n) is 13.0. The van der Waals surface area contributed by atoms with Crippen LogP contribution in [0.25, 0.3) is 6.08 Å². The van der Waals surface area contributed by atoms with Crippen molar-refractivity contribution in [3.05, 3.63) is 37.9 Å². The van der Waals surface area contributed by atoms with Crippen LogP contribution in [0.2, 0.25) is 0 Å². The average molecular weight is 440 g/mol. The highest BCUT2D eigenvalue weighted by atomic mass is 79.9. The molecular formula is C14H9BrF3NO7. The Morgan fingerprint density at radius 1 is 1.23 bits per heavy atom. The van der Waals surface area contributed by atoms with E-state index in [9.17, 15) is 32.9 Å². The molecule has 0 spiro atoms. The fourth-order valence-electron chi connectivity index (χ4n) is 1.98. The van der Waals surface area contributed by atoms with Gasteiger partial charge >= 0.3 is 24.0 Å². The quantitative estimate of drug-likeness (QED) is 0.233. The number of hydrogen-bond donors (Lipinski definition) is 0. The SMILES string of the molecule is CC1(C)OC(=O)C(=Cc2cc(Br)c(OC(F)(F)F)c([N+](=O)[O-])c2)C(=O)O1. The monoisotopic (exact) mass is 439 g/mol. The van der Waals surface area contributed by atoms with Gasteiger partial charge in [0.05, 0.1) is 9.40 Å². The highest BCUT2D eigenvalue weighted by Gasteiger charge is 2.39. The molecule has 1 saturated heterocycles. The summed E-state index contributed by atoms with van der Waals surface area (Å²) in [4.78, 5) is 33.7. The third kappa shape index (κ3) is 4.50. The highest BCUT2D eigenvalue weighted by Crippen LogP contribution is 2.40. The van der Waals surface area contributed by atoms with Crippen molar-refractivity contribution in [1.29, 1.82) is 0 Å². The lowest BCUT2D eigenvalue weighted by Gasteiger charge is -2.29. The van der Waals surface area contributed by atoms with Gasteiger partial charge in [0.2, 0.25) is 5.75 Å². The number of esters is 2. The van der Waals surface area contributed by atoms with Gasteiger partial charge in [-0.3, -0.25) is 10.1 Å². The predicted molar refractivity (Wildman–Crippen MR) is 81.7 cm³/mol. The average Bonchev–Trinajstić information content (AvgIpc) is 2.42. The number of hydrogen-bond acceptors (Lipinski definition) is 7. The second kappa shape index (κ2) is 6.59. The summed E-state index contributed by atoms with van der Waals surface area (Å²) in [5.41, 5.74) is -1.72. The van der Waals surface area contributed by atoms with E-state index in [2.05, 4.69) is 20.7 Å². The van der Waals surface area contributed by atoms with Crippen LogP contribution < -0.4 is 4.74 Å². The zero-order valence-corrected chi connectivity index (χ0v) is 14.6. The third-order valence-electron chi connectivity index (χ3n) is 2.89. The molecule has 0 atom stereocenters. The second-order valence-corrected chi connectivity index (χ2v) is 6.25. The molecule has 1 heterocycles. The number of ether oxygens (including phenoxy) is 3. The van der Waals surface area contributed by atoms with E-state index in [1.165, 1.54) is 13.8 Å². The van der Waals surface area contributed by atoms with Crippen LogP contribution in [0.3, 0.4) is 0 Å². The Labute approximate surface area is 151 Å². The lowest BCUT2D eigenvalue weighted by atomic mass is 10.1. The minimum atomic E-state index is -5.16. The van der Waals surface area contributed by atoms with E-state index >= 15 is 0 Å². The molecule has 140 valence electrons. The molecule has 0 N–H and O–H groups in total. The molecule has 1 fully saturated rings. The molecular weight excluding hydrogens is 431 g/mol. The maximum Gasteiger partial charge on any atom is 0.573 e. The van der Waals surface area contributed by atoms with Gasteiger partial charge in [-0.2, -0.15) is 0 Å². The maximum absolute atomic E-state index is 12.4. The number of cyclic esters (lactones) is 2. The smallest absolute Gasteiger partial charge is 0.419 e. The van der Waals surface area contributed by atoms with Gasteiger partial charge in [-0.15, -0.1) is 13.2 Å². The Morgan fingerprint density at radius 3 is 2.23 bits per heavy atom. The Balaban J connectivity index is 2.50. The summed E-state index contributed by atoms with van der Waals surface area (Å²) >= 11 is 2.74. The first-order valence-electron chi connectivity index (χ1n) is 6.71. The number of alkyl halides is 3. The normalized spacial score (nSPS) is 16.6. The number of nitrogens with zero attached hydrogens (tertiary/aromatic N) is 1. The minimum absolute atomic E-state index is 0.123. The highest BCUT2D eigenvalue weighted by molar-refractivity contribution is 9.10. The molecule has 0 aliphatic carbocycles. The first-order valence-corrected chi connectivity index (χ1v) is 7.50. The van der Waals surface area contributed by atoms with E-state index in [-0.39, 0.29) is 5.56 Å². The number of rotatable bonds is 3. The van der Waals surface area contributed by atoms with Crippen molar-refractivity contribution in [2.24, 2.45) is 0 Å². The number of benzene rings is 1. The Kier molecular flexibility index (Phi) is 4.99. The first-order chi connectivity index (χ1) is 11.8. The number of halogens is 4. The van der Waals surface area contributed by atoms with Crippen LogP contribution in [0.1, 0.15) is 19.4 Å². The van der Waals surface area contributed by atoms with Crippen molar-refractivity contribution in [3.63, 3.8) is 0 Å². The van der Waals surface area contributed by atoms with Gasteiger partial charge in [-0.05, 0) is 33.6 Å². The fourth-order valence-corrected chi connectivity index (χ4v) is 2.53. The van der Waals surface area contributed by atoms with Gasteiger partial charge in [-0.25, -0.2) is 9.59 Å². The zero-order chi connectivity index (χ0) is 19.9. The lowest BCUT2D eigenvalue weighted by molar-refractivity contribution is -0.388. The molecule has 0 unspecified atom stereocenters. The predicted octanol–water partition coefficient (Wildman–Crippen LogP) is 3.48. The lowest BCUT2D eigenvalue weighted by Crippen LogP contribution is -2.41. The maximum atomic E-state index is 12.4. The summed E-state index contributed by atoms with van der Waals surface area (Å²) in [6, 6.07) is 1.71. The van der Waals surface area contributed by atoms with Crippen LogP contribution in [0, 0.1) is 10.1 Å². The summed E-state index contributed by atoms with van der Waals surface area (Å²) in [6.07, 6.45) is -4.26. The molecule has 0 amide bonds. The molecule has 0 radical (unpaired) electrons. The summed E-state index contributed by atoms with van der Waals surface area (Å²) in [5, 5.41) is 11.1. The van der Waals surface area contributed by atoms with E-state index in [0.717, 1.165) is 12.1 Å². The van der Waals surface area contributed by atoms with Crippen molar-refractivity contribution >= 4 is 39.6 Å². The van der Waals surface area contributed by atoms with Crippen LogP contribution >= 0.6 is 15.9 Å². The van der Waals surface area contributed by atoms with Gasteiger partial charge in [0.1, 0.15) is 5.57 Å². The van der Waals surface area contributed by atoms with Crippen LogP contribution in [-0.2, 0) is 19.1 Å². The number of nitro benzene ring substituents is 1. The summed E-state index contributed by atoms with van der Waals surface area (Å²) < 4.78 is 50.2. The Bertz CT molecular complexity index is 811. The molecule has 1 aromatic carbocycles. The van der Waals surface area contributed by atoms with E-state index in [1.54, 1.807) is 0 Å². The van der Waals surface area contributed by atoms with Gasteiger partial charge in [0.25, 0.3) is 5.79 Å². The molecule has 12 heteroatoms. The van der Waals surface area contributed by atoms with Gasteiger partial charge < -0.3 is 14.2 Å². The summed E-state index contributed by atoms with van der Waals surface area (Å²) in [7, 11) is 0. The summed E-state index contributed by atoms with van der Waals surface area (Å²) in [6.45, 7) is 2.65. The Hall–Kier alpha value is -2.63. The Morgan fingerprint density at radius 2 is 1.77 bits per heavy atom. The topological polar surface area (TPSA) is 105 Å². The molecule has 2 rings (SSSR count). The molecule has 26 heavy (non-hydrogen) atoms. The molecule has 8 nitrogen and oxygen atoms in total. The number of carbonyl (C=O) groups excluding carboxylic acids is 2. The molecule has 0 bridgehead atoms. The molecule has 0 saturated carbocycles. The van der Waals surface area contributed by atoms with Crippen molar-refractivity contribution in [3.8, 4) is 5.75 Å². The third-order valence-corrected chi connectivity index (χ3v) is 3.48. The second-order valence-electron chi connectivity index (χ2n) is 5.39. The minimum Gasteiger partial charge on any atom is -0.419 e. The van der Waals surface area contributed by atoms with E-state index in [1.807, 2.05) is 0 Å². The molecule has 1 aliphatic heterocycles. The first kappa shape index (κ1) is 19.7. The largest absolute Gasteiger partial charge is 0.573 e. The molecule has 0 aromatic heterocycles. The van der Waals surface area contributed by atoms with Crippen LogP contribution in [-0.4, -0.2) is 29.0 Å². The van der Waals surface area contributed by atoms with Crippen LogP contribution in [0.5, 0.6) is 5.75 Å². The van der Waals surface area contributed by atoms with Crippen molar-refractivity contribution < 1.29 is 41.9 Å². The van der Waals surface area contributed by atoms with Crippen molar-refractivity contribution in [2.45, 2.75) is 26.0 Å². The van der Waals surface area contributed by atoms with Gasteiger partial charge in [0.15, 0.2) is 0 Å². The van der Waals surface area contributed by atoms with E-state index < -0.39 is 50.5 Å². The number of carbonyl (C=O) groups is 2. The van der Waals surface area contributed by atoms with Crippen LogP contribution in [0.15, 0.2) is 22.2 Å². The van der Waals surface area contributed by atoms with Crippen LogP contribution in [0.4, 0.5) is 18.9 Å². The molecule has 1 aromatic rings. The molecule has 1 aliphatic rings. The van der Waals surface area contributed by atoms with E-state index in [4.69, 9.17) is 9.47 Å².